The van der Waals surface area contributed by atoms with Gasteiger partial charge in [0.25, 0.3) is 5.91 Å². The van der Waals surface area contributed by atoms with E-state index in [1.54, 1.807) is 7.11 Å². The first-order valence-electron chi connectivity index (χ1n) is 7.86. The van der Waals surface area contributed by atoms with Crippen LogP contribution in [-0.2, 0) is 0 Å². The Morgan fingerprint density at radius 2 is 2.05 bits per heavy atom. The van der Waals surface area contributed by atoms with Gasteiger partial charge in [0.1, 0.15) is 0 Å². The summed E-state index contributed by atoms with van der Waals surface area (Å²) in [5, 5.41) is 0.902. The number of fused-ring (bicyclic) bond motifs is 1. The number of para-hydroxylation sites is 1. The van der Waals surface area contributed by atoms with Crippen LogP contribution in [-0.4, -0.2) is 55.0 Å². The van der Waals surface area contributed by atoms with Gasteiger partial charge in [-0.1, -0.05) is 12.1 Å². The largest absolute Gasteiger partial charge is 0.493 e. The summed E-state index contributed by atoms with van der Waals surface area (Å²) in [6.07, 6.45) is 2.57. The van der Waals surface area contributed by atoms with Crippen molar-refractivity contribution in [1.29, 1.82) is 0 Å². The predicted octanol–water partition coefficient (Wildman–Crippen LogP) is 2.36. The Hall–Kier alpha value is -2.01. The van der Waals surface area contributed by atoms with Crippen LogP contribution in [0.3, 0.4) is 0 Å². The Labute approximate surface area is 129 Å². The molecule has 0 bridgehead atoms. The fraction of sp³-hybridized carbons (Fsp3) is 0.471. The molecule has 5 nitrogen and oxygen atoms in total. The molecule has 2 fully saturated rings. The maximum Gasteiger partial charge on any atom is 0.289 e. The van der Waals surface area contributed by atoms with Crippen molar-refractivity contribution in [1.82, 2.24) is 9.80 Å². The SMILES string of the molecule is COc1cccc2cc(C(=O)N3CC(N4CCCC4)C3)oc12. The van der Waals surface area contributed by atoms with Crippen LogP contribution in [0.15, 0.2) is 28.7 Å². The van der Waals surface area contributed by atoms with E-state index in [1.165, 1.54) is 25.9 Å². The summed E-state index contributed by atoms with van der Waals surface area (Å²) in [4.78, 5) is 16.9. The molecule has 116 valence electrons. The smallest absolute Gasteiger partial charge is 0.289 e. The van der Waals surface area contributed by atoms with Gasteiger partial charge in [-0.25, -0.2) is 0 Å². The zero-order chi connectivity index (χ0) is 15.1. The minimum absolute atomic E-state index is 0.0197. The number of nitrogens with zero attached hydrogens (tertiary/aromatic N) is 2. The first-order valence-corrected chi connectivity index (χ1v) is 7.86. The topological polar surface area (TPSA) is 45.9 Å². The molecule has 1 amide bonds. The van der Waals surface area contributed by atoms with Crippen molar-refractivity contribution in [2.45, 2.75) is 18.9 Å². The predicted molar refractivity (Wildman–Crippen MR) is 83.3 cm³/mol. The number of carbonyl (C=O) groups excluding carboxylic acids is 1. The number of carbonyl (C=O) groups is 1. The van der Waals surface area contributed by atoms with E-state index in [4.69, 9.17) is 9.15 Å². The third kappa shape index (κ3) is 2.16. The minimum atomic E-state index is -0.0197. The van der Waals surface area contributed by atoms with Gasteiger partial charge in [-0.15, -0.1) is 0 Å². The highest BCUT2D eigenvalue weighted by Gasteiger charge is 2.37. The van der Waals surface area contributed by atoms with E-state index < -0.39 is 0 Å². The van der Waals surface area contributed by atoms with E-state index in [-0.39, 0.29) is 5.91 Å². The van der Waals surface area contributed by atoms with Crippen molar-refractivity contribution in [3.05, 3.63) is 30.0 Å². The Bertz CT molecular complexity index is 697. The monoisotopic (exact) mass is 300 g/mol. The average Bonchev–Trinajstić information content (AvgIpc) is 3.14. The fourth-order valence-corrected chi connectivity index (χ4v) is 3.42. The van der Waals surface area contributed by atoms with Crippen molar-refractivity contribution in [3.8, 4) is 5.75 Å². The van der Waals surface area contributed by atoms with Crippen molar-refractivity contribution < 1.29 is 13.9 Å². The zero-order valence-electron chi connectivity index (χ0n) is 12.7. The number of rotatable bonds is 3. The van der Waals surface area contributed by atoms with Crippen LogP contribution < -0.4 is 4.74 Å². The summed E-state index contributed by atoms with van der Waals surface area (Å²) < 4.78 is 11.0. The normalized spacial score (nSPS) is 19.6. The summed E-state index contributed by atoms with van der Waals surface area (Å²) in [7, 11) is 1.61. The number of furan rings is 1. The number of amides is 1. The lowest BCUT2D eigenvalue weighted by Gasteiger charge is -2.43. The number of hydrogen-bond donors (Lipinski definition) is 0. The van der Waals surface area contributed by atoms with E-state index in [0.717, 1.165) is 18.5 Å². The number of likely N-dealkylation sites (tertiary alicyclic amines) is 2. The van der Waals surface area contributed by atoms with Gasteiger partial charge in [-0.3, -0.25) is 9.69 Å². The highest BCUT2D eigenvalue weighted by atomic mass is 16.5. The van der Waals surface area contributed by atoms with Crippen LogP contribution in [0, 0.1) is 0 Å². The molecule has 1 aromatic heterocycles. The van der Waals surface area contributed by atoms with Crippen LogP contribution in [0.25, 0.3) is 11.0 Å². The molecule has 0 N–H and O–H groups in total. The quantitative estimate of drug-likeness (QED) is 0.873. The van der Waals surface area contributed by atoms with Gasteiger partial charge in [0.2, 0.25) is 0 Å². The van der Waals surface area contributed by atoms with E-state index >= 15 is 0 Å². The zero-order valence-corrected chi connectivity index (χ0v) is 12.7. The standard InChI is InChI=1S/C17H20N2O3/c1-21-14-6-4-5-12-9-15(22-16(12)14)17(20)19-10-13(11-19)18-7-2-3-8-18/h4-6,9,13H,2-3,7-8,10-11H2,1H3. The van der Waals surface area contributed by atoms with E-state index in [2.05, 4.69) is 4.90 Å². The van der Waals surface area contributed by atoms with Crippen molar-refractivity contribution in [2.75, 3.05) is 33.3 Å². The Morgan fingerprint density at radius 3 is 2.77 bits per heavy atom. The second-order valence-electron chi connectivity index (χ2n) is 6.10. The first kappa shape index (κ1) is 13.6. The van der Waals surface area contributed by atoms with Crippen LogP contribution in [0.4, 0.5) is 0 Å². The maximum absolute atomic E-state index is 12.5. The summed E-state index contributed by atoms with van der Waals surface area (Å²) in [5.74, 6) is 1.04. The first-order chi connectivity index (χ1) is 10.8. The van der Waals surface area contributed by atoms with Crippen LogP contribution >= 0.6 is 0 Å². The lowest BCUT2D eigenvalue weighted by molar-refractivity contribution is 0.0309. The Morgan fingerprint density at radius 1 is 1.27 bits per heavy atom. The highest BCUT2D eigenvalue weighted by molar-refractivity contribution is 5.97. The molecule has 0 atom stereocenters. The molecule has 1 aromatic carbocycles. The number of methoxy groups -OCH3 is 1. The van der Waals surface area contributed by atoms with E-state index in [9.17, 15) is 4.79 Å². The molecular weight excluding hydrogens is 280 g/mol. The molecule has 2 saturated heterocycles. The van der Waals surface area contributed by atoms with Gasteiger partial charge in [0, 0.05) is 24.5 Å². The highest BCUT2D eigenvalue weighted by Crippen LogP contribution is 2.30. The second-order valence-corrected chi connectivity index (χ2v) is 6.10. The van der Waals surface area contributed by atoms with Crippen LogP contribution in [0.2, 0.25) is 0 Å². The Balaban J connectivity index is 1.49. The molecule has 0 spiro atoms. The average molecular weight is 300 g/mol. The van der Waals surface area contributed by atoms with Gasteiger partial charge >= 0.3 is 0 Å². The summed E-state index contributed by atoms with van der Waals surface area (Å²) >= 11 is 0. The van der Waals surface area contributed by atoms with Gasteiger partial charge < -0.3 is 14.1 Å². The molecule has 3 heterocycles. The third-order valence-electron chi connectivity index (χ3n) is 4.75. The van der Waals surface area contributed by atoms with Gasteiger partial charge in [-0.2, -0.15) is 0 Å². The van der Waals surface area contributed by atoms with Crippen LogP contribution in [0.5, 0.6) is 5.75 Å². The molecule has 0 unspecified atom stereocenters. The molecule has 0 saturated carbocycles. The third-order valence-corrected chi connectivity index (χ3v) is 4.75. The van der Waals surface area contributed by atoms with Gasteiger partial charge in [0.05, 0.1) is 7.11 Å². The van der Waals surface area contributed by atoms with E-state index in [1.807, 2.05) is 29.2 Å². The molecule has 0 aliphatic carbocycles. The summed E-state index contributed by atoms with van der Waals surface area (Å²) in [6.45, 7) is 3.98. The molecule has 2 aliphatic rings. The second kappa shape index (κ2) is 5.32. The van der Waals surface area contributed by atoms with E-state index in [0.29, 0.717) is 23.1 Å². The molecule has 5 heteroatoms. The summed E-state index contributed by atoms with van der Waals surface area (Å²) in [5.41, 5.74) is 0.643. The Kier molecular flexibility index (Phi) is 3.30. The molecule has 2 aliphatic heterocycles. The van der Waals surface area contributed by atoms with Gasteiger partial charge in [0.15, 0.2) is 17.1 Å². The van der Waals surface area contributed by atoms with Crippen molar-refractivity contribution in [2.24, 2.45) is 0 Å². The lowest BCUT2D eigenvalue weighted by atomic mass is 10.1. The molecule has 4 rings (SSSR count). The summed E-state index contributed by atoms with van der Waals surface area (Å²) in [6, 6.07) is 8.01. The number of hydrogen-bond acceptors (Lipinski definition) is 4. The van der Waals surface area contributed by atoms with Crippen LogP contribution in [0.1, 0.15) is 23.4 Å². The molecular formula is C17H20N2O3. The number of benzene rings is 1. The molecule has 2 aromatic rings. The number of ether oxygens (including phenoxy) is 1. The van der Waals surface area contributed by atoms with Gasteiger partial charge in [-0.05, 0) is 38.1 Å². The maximum atomic E-state index is 12.5. The molecule has 0 radical (unpaired) electrons. The minimum Gasteiger partial charge on any atom is -0.493 e. The van der Waals surface area contributed by atoms with Crippen molar-refractivity contribution in [3.63, 3.8) is 0 Å². The molecule has 22 heavy (non-hydrogen) atoms. The fourth-order valence-electron chi connectivity index (χ4n) is 3.42. The van der Waals surface area contributed by atoms with Crippen molar-refractivity contribution >= 4 is 16.9 Å². The lowest BCUT2D eigenvalue weighted by Crippen LogP contribution is -2.60.